The molecule has 2 unspecified atom stereocenters. The number of nitrogens with zero attached hydrogens (tertiary/aromatic N) is 5. The number of aliphatic hydroxyl groups is 1. The first-order valence-corrected chi connectivity index (χ1v) is 8.39. The zero-order chi connectivity index (χ0) is 17.9. The molecule has 0 amide bonds. The molecule has 0 bridgehead atoms. The highest BCUT2D eigenvalue weighted by Gasteiger charge is 2.27. The van der Waals surface area contributed by atoms with Crippen LogP contribution in [-0.4, -0.2) is 37.3 Å². The lowest BCUT2D eigenvalue weighted by Gasteiger charge is -2.14. The maximum absolute atomic E-state index is 10.9. The fraction of sp³-hybridized carbons (Fsp3) is 0.353. The molecule has 2 aromatic heterocycles. The SMILES string of the molecule is O=Nc1ccccc1CNc1ncnc2c1ncn2C1CCC(CO)O1. The van der Waals surface area contributed by atoms with Crippen molar-refractivity contribution in [3.8, 4) is 0 Å². The third kappa shape index (κ3) is 3.02. The smallest absolute Gasteiger partial charge is 0.167 e. The first kappa shape index (κ1) is 16.6. The van der Waals surface area contributed by atoms with Crippen LogP contribution in [0.2, 0.25) is 0 Å². The lowest BCUT2D eigenvalue weighted by Crippen LogP contribution is -2.14. The predicted molar refractivity (Wildman–Crippen MR) is 94.8 cm³/mol. The van der Waals surface area contributed by atoms with Crippen molar-refractivity contribution >= 4 is 22.7 Å². The molecule has 1 saturated heterocycles. The molecule has 9 heteroatoms. The van der Waals surface area contributed by atoms with E-state index in [0.29, 0.717) is 29.2 Å². The van der Waals surface area contributed by atoms with Crippen LogP contribution < -0.4 is 5.32 Å². The van der Waals surface area contributed by atoms with Gasteiger partial charge in [-0.1, -0.05) is 18.2 Å². The Morgan fingerprint density at radius 2 is 2.15 bits per heavy atom. The molecule has 9 nitrogen and oxygen atoms in total. The van der Waals surface area contributed by atoms with Crippen molar-refractivity contribution in [1.82, 2.24) is 19.5 Å². The van der Waals surface area contributed by atoms with Crippen molar-refractivity contribution in [3.63, 3.8) is 0 Å². The number of aromatic nitrogens is 4. The summed E-state index contributed by atoms with van der Waals surface area (Å²) in [4.78, 5) is 23.9. The van der Waals surface area contributed by atoms with E-state index in [1.54, 1.807) is 18.5 Å². The summed E-state index contributed by atoms with van der Waals surface area (Å²) in [7, 11) is 0. The van der Waals surface area contributed by atoms with Crippen LogP contribution in [0.25, 0.3) is 11.2 Å². The Hall–Kier alpha value is -2.91. The fourth-order valence-electron chi connectivity index (χ4n) is 3.15. The van der Waals surface area contributed by atoms with Crippen LogP contribution >= 0.6 is 0 Å². The number of benzene rings is 1. The summed E-state index contributed by atoms with van der Waals surface area (Å²) < 4.78 is 7.67. The summed E-state index contributed by atoms with van der Waals surface area (Å²) in [6, 6.07) is 7.13. The number of imidazole rings is 1. The minimum Gasteiger partial charge on any atom is -0.394 e. The average molecular weight is 354 g/mol. The number of fused-ring (bicyclic) bond motifs is 1. The van der Waals surface area contributed by atoms with Crippen molar-refractivity contribution in [2.24, 2.45) is 5.18 Å². The van der Waals surface area contributed by atoms with Crippen LogP contribution in [0.5, 0.6) is 0 Å². The molecule has 2 N–H and O–H groups in total. The van der Waals surface area contributed by atoms with Gasteiger partial charge in [-0.05, 0) is 24.1 Å². The molecule has 134 valence electrons. The number of anilines is 1. The van der Waals surface area contributed by atoms with Crippen molar-refractivity contribution in [1.29, 1.82) is 0 Å². The van der Waals surface area contributed by atoms with Gasteiger partial charge in [-0.25, -0.2) is 15.0 Å². The molecule has 0 radical (unpaired) electrons. The topological polar surface area (TPSA) is 115 Å². The zero-order valence-corrected chi connectivity index (χ0v) is 13.9. The normalized spacial score (nSPS) is 19.7. The van der Waals surface area contributed by atoms with E-state index < -0.39 is 0 Å². The van der Waals surface area contributed by atoms with E-state index in [9.17, 15) is 10.0 Å². The third-order valence-electron chi connectivity index (χ3n) is 4.49. The molecule has 1 fully saturated rings. The van der Waals surface area contributed by atoms with E-state index in [4.69, 9.17) is 4.74 Å². The lowest BCUT2D eigenvalue weighted by atomic mass is 10.2. The van der Waals surface area contributed by atoms with Gasteiger partial charge in [0.05, 0.1) is 19.0 Å². The van der Waals surface area contributed by atoms with Crippen molar-refractivity contribution < 1.29 is 9.84 Å². The highest BCUT2D eigenvalue weighted by molar-refractivity contribution is 5.82. The molecule has 0 aliphatic carbocycles. The number of nitrogens with one attached hydrogen (secondary N) is 1. The number of hydrogen-bond donors (Lipinski definition) is 2. The summed E-state index contributed by atoms with van der Waals surface area (Å²) in [6.07, 6.45) is 4.39. The van der Waals surface area contributed by atoms with Crippen LogP contribution in [0.15, 0.2) is 42.1 Å². The van der Waals surface area contributed by atoms with Crippen LogP contribution in [0.3, 0.4) is 0 Å². The summed E-state index contributed by atoms with van der Waals surface area (Å²) in [5, 5.41) is 15.5. The maximum atomic E-state index is 10.9. The Kier molecular flexibility index (Phi) is 4.55. The van der Waals surface area contributed by atoms with Crippen molar-refractivity contribution in [3.05, 3.63) is 47.4 Å². The number of ether oxygens (including phenoxy) is 1. The van der Waals surface area contributed by atoms with Gasteiger partial charge < -0.3 is 15.2 Å². The average Bonchev–Trinajstić information content (AvgIpc) is 3.33. The summed E-state index contributed by atoms with van der Waals surface area (Å²) in [5.74, 6) is 0.575. The number of rotatable bonds is 6. The first-order chi connectivity index (χ1) is 12.8. The second kappa shape index (κ2) is 7.14. The van der Waals surface area contributed by atoms with Gasteiger partial charge >= 0.3 is 0 Å². The van der Waals surface area contributed by atoms with Crippen molar-refractivity contribution in [2.45, 2.75) is 31.7 Å². The van der Waals surface area contributed by atoms with E-state index in [2.05, 4.69) is 25.4 Å². The van der Waals surface area contributed by atoms with Crippen molar-refractivity contribution in [2.75, 3.05) is 11.9 Å². The molecule has 2 atom stereocenters. The zero-order valence-electron chi connectivity index (χ0n) is 13.9. The Balaban J connectivity index is 1.58. The molecule has 1 aliphatic heterocycles. The van der Waals surface area contributed by atoms with Gasteiger partial charge in [0.25, 0.3) is 0 Å². The maximum Gasteiger partial charge on any atom is 0.167 e. The van der Waals surface area contributed by atoms with E-state index in [1.165, 1.54) is 6.33 Å². The molecule has 1 aromatic carbocycles. The Bertz CT molecular complexity index is 928. The minimum absolute atomic E-state index is 0.00902. The third-order valence-corrected chi connectivity index (χ3v) is 4.49. The fourth-order valence-corrected chi connectivity index (χ4v) is 3.15. The quantitative estimate of drug-likeness (QED) is 0.654. The van der Waals surface area contributed by atoms with Crippen LogP contribution in [0.1, 0.15) is 24.6 Å². The monoisotopic (exact) mass is 354 g/mol. The largest absolute Gasteiger partial charge is 0.394 e. The molecule has 3 aromatic rings. The van der Waals surface area contributed by atoms with Crippen LogP contribution in [0.4, 0.5) is 11.5 Å². The van der Waals surface area contributed by atoms with Gasteiger partial charge in [0.15, 0.2) is 17.0 Å². The van der Waals surface area contributed by atoms with Crippen LogP contribution in [0, 0.1) is 4.91 Å². The second-order valence-electron chi connectivity index (χ2n) is 6.09. The number of hydrogen-bond acceptors (Lipinski definition) is 8. The molecule has 3 heterocycles. The molecule has 0 spiro atoms. The molecular weight excluding hydrogens is 336 g/mol. The Labute approximate surface area is 149 Å². The van der Waals surface area contributed by atoms with Gasteiger partial charge in [0.1, 0.15) is 18.2 Å². The van der Waals surface area contributed by atoms with Crippen LogP contribution in [-0.2, 0) is 11.3 Å². The van der Waals surface area contributed by atoms with E-state index in [-0.39, 0.29) is 18.9 Å². The summed E-state index contributed by atoms with van der Waals surface area (Å²) in [6.45, 7) is 0.405. The highest BCUT2D eigenvalue weighted by atomic mass is 16.5. The molecule has 0 saturated carbocycles. The van der Waals surface area contributed by atoms with Gasteiger partial charge in [-0.2, -0.15) is 0 Å². The van der Waals surface area contributed by atoms with Gasteiger partial charge in [0.2, 0.25) is 0 Å². The lowest BCUT2D eigenvalue weighted by molar-refractivity contribution is -0.0207. The Morgan fingerprint density at radius 1 is 1.27 bits per heavy atom. The molecule has 4 rings (SSSR count). The van der Waals surface area contributed by atoms with E-state index >= 15 is 0 Å². The van der Waals surface area contributed by atoms with Gasteiger partial charge in [-0.15, -0.1) is 4.91 Å². The van der Waals surface area contributed by atoms with Gasteiger partial charge in [-0.3, -0.25) is 4.57 Å². The molecule has 1 aliphatic rings. The summed E-state index contributed by atoms with van der Waals surface area (Å²) >= 11 is 0. The standard InChI is InChI=1S/C17H18N6O3/c24-8-12-5-6-14(26-12)23-10-21-15-16(19-9-20-17(15)23)18-7-11-3-1-2-4-13(11)22-25/h1-4,9-10,12,14,24H,5-8H2,(H,18,19,20). The van der Waals surface area contributed by atoms with E-state index in [0.717, 1.165) is 18.4 Å². The molecular formula is C17H18N6O3. The van der Waals surface area contributed by atoms with Gasteiger partial charge in [0, 0.05) is 12.1 Å². The second-order valence-corrected chi connectivity index (χ2v) is 6.09. The molecule has 26 heavy (non-hydrogen) atoms. The predicted octanol–water partition coefficient (Wildman–Crippen LogP) is 2.51. The first-order valence-electron chi connectivity index (χ1n) is 8.39. The van der Waals surface area contributed by atoms with E-state index in [1.807, 2.05) is 16.7 Å². The minimum atomic E-state index is -0.195. The number of aliphatic hydroxyl groups excluding tert-OH is 1. The Morgan fingerprint density at radius 3 is 2.96 bits per heavy atom. The summed E-state index contributed by atoms with van der Waals surface area (Å²) in [5.41, 5.74) is 2.46. The number of nitroso groups, excluding NO2 is 1. The highest BCUT2D eigenvalue weighted by Crippen LogP contribution is 2.31.